The van der Waals surface area contributed by atoms with Gasteiger partial charge in [-0.25, -0.2) is 4.98 Å². The van der Waals surface area contributed by atoms with Crippen LogP contribution in [0.2, 0.25) is 0 Å². The van der Waals surface area contributed by atoms with Gasteiger partial charge in [-0.3, -0.25) is 0 Å². The van der Waals surface area contributed by atoms with Crippen molar-refractivity contribution in [3.63, 3.8) is 0 Å². The molecule has 1 aromatic heterocycles. The van der Waals surface area contributed by atoms with Gasteiger partial charge in [0.05, 0.1) is 11.6 Å². The summed E-state index contributed by atoms with van der Waals surface area (Å²) in [5.41, 5.74) is 5.90. The number of allylic oxidation sites excluding steroid dienone is 2. The summed E-state index contributed by atoms with van der Waals surface area (Å²) in [5.74, 6) is 1.26. The lowest BCUT2D eigenvalue weighted by Crippen LogP contribution is -2.14. The second kappa shape index (κ2) is 10.6. The molecule has 0 aliphatic carbocycles. The number of nitrogens with zero attached hydrogens (tertiary/aromatic N) is 2. The molecule has 1 atom stereocenters. The van der Waals surface area contributed by atoms with Crippen LogP contribution in [-0.2, 0) is 12.8 Å². The van der Waals surface area contributed by atoms with Gasteiger partial charge in [0, 0.05) is 30.7 Å². The minimum Gasteiger partial charge on any atom is -0.391 e. The summed E-state index contributed by atoms with van der Waals surface area (Å²) in [5, 5.41) is 24.1. The van der Waals surface area contributed by atoms with Gasteiger partial charge in [-0.2, -0.15) is 5.26 Å². The third-order valence-corrected chi connectivity index (χ3v) is 5.61. The summed E-state index contributed by atoms with van der Waals surface area (Å²) in [6.07, 6.45) is 7.71. The Morgan fingerprint density at radius 2 is 2.23 bits per heavy atom. The topological polar surface area (TPSA) is 84.6 Å². The lowest BCUT2D eigenvalue weighted by atomic mass is 9.93. The fourth-order valence-corrected chi connectivity index (χ4v) is 3.87. The van der Waals surface area contributed by atoms with Gasteiger partial charge in [0.15, 0.2) is 0 Å². The molecule has 1 unspecified atom stereocenters. The van der Waals surface area contributed by atoms with Gasteiger partial charge in [-0.15, -0.1) is 0 Å². The first-order valence-electron chi connectivity index (χ1n) is 10.8. The third kappa shape index (κ3) is 5.93. The summed E-state index contributed by atoms with van der Waals surface area (Å²) in [6, 6.07) is 14.2. The van der Waals surface area contributed by atoms with Crippen molar-refractivity contribution in [2.75, 3.05) is 18.9 Å². The van der Waals surface area contributed by atoms with Crippen molar-refractivity contribution >= 4 is 11.5 Å². The molecule has 1 aliphatic heterocycles. The molecule has 5 nitrogen and oxygen atoms in total. The maximum atomic E-state index is 9.08. The van der Waals surface area contributed by atoms with Crippen molar-refractivity contribution in [1.29, 1.82) is 10.7 Å². The van der Waals surface area contributed by atoms with E-state index < -0.39 is 0 Å². The van der Waals surface area contributed by atoms with Crippen LogP contribution in [0.25, 0.3) is 0 Å². The normalized spacial score (nSPS) is 14.2. The Morgan fingerprint density at radius 3 is 3.03 bits per heavy atom. The Hall–Kier alpha value is -3.13. The molecule has 0 amide bonds. The minimum atomic E-state index is 0.201. The SMILES string of the molecule is CN/C(=C\C(=N)CC(C)c1cccc(C#N)c1)CCCc1ccc2c(n1)NCCC2. The number of pyridine rings is 1. The molecule has 0 bridgehead atoms. The fraction of sp³-hybridized carbons (Fsp3) is 0.400. The predicted octanol–water partition coefficient (Wildman–Crippen LogP) is 4.95. The number of hydrogen-bond donors (Lipinski definition) is 3. The van der Waals surface area contributed by atoms with Crippen LogP contribution in [0, 0.1) is 16.7 Å². The highest BCUT2D eigenvalue weighted by molar-refractivity contribution is 5.93. The molecular weight excluding hydrogens is 370 g/mol. The summed E-state index contributed by atoms with van der Waals surface area (Å²) in [4.78, 5) is 4.77. The van der Waals surface area contributed by atoms with Crippen molar-refractivity contribution in [3.05, 3.63) is 70.6 Å². The molecule has 30 heavy (non-hydrogen) atoms. The Morgan fingerprint density at radius 1 is 1.37 bits per heavy atom. The van der Waals surface area contributed by atoms with E-state index in [1.165, 1.54) is 12.0 Å². The molecule has 0 radical (unpaired) electrons. The van der Waals surface area contributed by atoms with E-state index in [1.807, 2.05) is 37.4 Å². The van der Waals surface area contributed by atoms with E-state index >= 15 is 0 Å². The summed E-state index contributed by atoms with van der Waals surface area (Å²) >= 11 is 0. The van der Waals surface area contributed by atoms with Gasteiger partial charge in [-0.05, 0) is 79.8 Å². The van der Waals surface area contributed by atoms with Crippen LogP contribution in [0.4, 0.5) is 5.82 Å². The molecule has 1 aliphatic rings. The van der Waals surface area contributed by atoms with Gasteiger partial charge in [0.25, 0.3) is 0 Å². The average Bonchev–Trinajstić information content (AvgIpc) is 2.78. The largest absolute Gasteiger partial charge is 0.391 e. The zero-order chi connectivity index (χ0) is 21.3. The second-order valence-electron chi connectivity index (χ2n) is 7.98. The first kappa shape index (κ1) is 21.6. The molecule has 0 spiro atoms. The number of rotatable bonds is 9. The first-order valence-corrected chi connectivity index (χ1v) is 10.8. The van der Waals surface area contributed by atoms with Gasteiger partial charge in [0.2, 0.25) is 0 Å². The number of benzene rings is 1. The van der Waals surface area contributed by atoms with E-state index in [2.05, 4.69) is 35.8 Å². The molecule has 5 heteroatoms. The summed E-state index contributed by atoms with van der Waals surface area (Å²) in [6.45, 7) is 3.12. The lowest BCUT2D eigenvalue weighted by Gasteiger charge is -2.17. The van der Waals surface area contributed by atoms with Crippen LogP contribution in [0.3, 0.4) is 0 Å². The Bertz CT molecular complexity index is 954. The van der Waals surface area contributed by atoms with Gasteiger partial charge < -0.3 is 16.0 Å². The van der Waals surface area contributed by atoms with E-state index in [-0.39, 0.29) is 5.92 Å². The van der Waals surface area contributed by atoms with E-state index in [9.17, 15) is 0 Å². The predicted molar refractivity (Wildman–Crippen MR) is 123 cm³/mol. The summed E-state index contributed by atoms with van der Waals surface area (Å²) < 4.78 is 0. The molecule has 2 heterocycles. The van der Waals surface area contributed by atoms with Crippen LogP contribution in [0.1, 0.15) is 60.9 Å². The number of hydrogen-bond acceptors (Lipinski definition) is 5. The number of nitrogens with one attached hydrogen (secondary N) is 3. The van der Waals surface area contributed by atoms with Crippen molar-refractivity contribution < 1.29 is 0 Å². The van der Waals surface area contributed by atoms with Crippen LogP contribution < -0.4 is 10.6 Å². The van der Waals surface area contributed by atoms with Gasteiger partial charge in [-0.1, -0.05) is 25.1 Å². The van der Waals surface area contributed by atoms with Crippen LogP contribution >= 0.6 is 0 Å². The minimum absolute atomic E-state index is 0.201. The number of nitriles is 1. The number of fused-ring (bicyclic) bond motifs is 1. The number of anilines is 1. The van der Waals surface area contributed by atoms with Crippen LogP contribution in [-0.4, -0.2) is 24.3 Å². The second-order valence-corrected chi connectivity index (χ2v) is 7.98. The van der Waals surface area contributed by atoms with E-state index in [0.29, 0.717) is 17.7 Å². The number of aromatic nitrogens is 1. The van der Waals surface area contributed by atoms with Crippen molar-refractivity contribution in [1.82, 2.24) is 10.3 Å². The molecule has 0 fully saturated rings. The molecule has 3 rings (SSSR count). The quantitative estimate of drug-likeness (QED) is 0.519. The molecule has 0 saturated carbocycles. The Kier molecular flexibility index (Phi) is 7.62. The third-order valence-electron chi connectivity index (χ3n) is 5.61. The van der Waals surface area contributed by atoms with E-state index in [1.54, 1.807) is 0 Å². The fourth-order valence-electron chi connectivity index (χ4n) is 3.87. The molecule has 3 N–H and O–H groups in total. The van der Waals surface area contributed by atoms with Crippen LogP contribution in [0.5, 0.6) is 0 Å². The first-order chi connectivity index (χ1) is 14.6. The molecule has 1 aromatic carbocycles. The van der Waals surface area contributed by atoms with E-state index in [0.717, 1.165) is 55.0 Å². The number of aryl methyl sites for hydroxylation is 2. The molecular formula is C25H31N5. The highest BCUT2D eigenvalue weighted by atomic mass is 15.0. The van der Waals surface area contributed by atoms with Crippen molar-refractivity contribution in [2.45, 2.75) is 51.4 Å². The van der Waals surface area contributed by atoms with Crippen LogP contribution in [0.15, 0.2) is 48.2 Å². The maximum absolute atomic E-state index is 9.08. The average molecular weight is 402 g/mol. The van der Waals surface area contributed by atoms with Gasteiger partial charge in [0.1, 0.15) is 5.82 Å². The van der Waals surface area contributed by atoms with Crippen molar-refractivity contribution in [3.8, 4) is 6.07 Å². The highest BCUT2D eigenvalue weighted by Crippen LogP contribution is 2.22. The molecule has 0 saturated heterocycles. The monoisotopic (exact) mass is 401 g/mol. The van der Waals surface area contributed by atoms with E-state index in [4.69, 9.17) is 15.7 Å². The van der Waals surface area contributed by atoms with Gasteiger partial charge >= 0.3 is 0 Å². The maximum Gasteiger partial charge on any atom is 0.129 e. The van der Waals surface area contributed by atoms with Crippen molar-refractivity contribution in [2.24, 2.45) is 0 Å². The standard InChI is InChI=1S/C25H31N5/c1-18(21-7-3-6-19(15-21)17-26)14-22(27)16-24(28-2)10-4-9-23-12-11-20-8-5-13-29-25(20)30-23/h3,6-7,11-12,15-16,18,27-28H,4-5,8-10,13-14H2,1-2H3,(H,29,30)/b24-16-,27-22?. The lowest BCUT2D eigenvalue weighted by molar-refractivity contribution is 0.742. The zero-order valence-electron chi connectivity index (χ0n) is 18.0. The Balaban J connectivity index is 1.52. The molecule has 2 aromatic rings. The smallest absolute Gasteiger partial charge is 0.129 e. The summed E-state index contributed by atoms with van der Waals surface area (Å²) in [7, 11) is 1.92. The zero-order valence-corrected chi connectivity index (χ0v) is 18.0. The Labute approximate surface area is 179 Å². The highest BCUT2D eigenvalue weighted by Gasteiger charge is 2.11. The molecule has 156 valence electrons.